The summed E-state index contributed by atoms with van der Waals surface area (Å²) in [6.07, 6.45) is 1.67. The average Bonchev–Trinajstić information content (AvgIpc) is 3.10. The van der Waals surface area contributed by atoms with Gasteiger partial charge in [0.05, 0.1) is 11.4 Å². The van der Waals surface area contributed by atoms with Crippen molar-refractivity contribution in [2.45, 2.75) is 25.0 Å². The van der Waals surface area contributed by atoms with Crippen LogP contribution in [-0.2, 0) is 4.79 Å². The summed E-state index contributed by atoms with van der Waals surface area (Å²) in [6.45, 7) is 4.02. The van der Waals surface area contributed by atoms with Crippen LogP contribution < -0.4 is 4.90 Å². The minimum Gasteiger partial charge on any atom is -0.309 e. The van der Waals surface area contributed by atoms with Crippen LogP contribution in [0.5, 0.6) is 0 Å². The van der Waals surface area contributed by atoms with E-state index < -0.39 is 0 Å². The fourth-order valence-corrected chi connectivity index (χ4v) is 3.19. The lowest BCUT2D eigenvalue weighted by atomic mass is 10.2. The lowest BCUT2D eigenvalue weighted by Crippen LogP contribution is -2.38. The lowest BCUT2D eigenvalue weighted by Gasteiger charge is -2.26. The number of benzene rings is 2. The molecule has 1 aromatic heterocycles. The van der Waals surface area contributed by atoms with Gasteiger partial charge in [-0.25, -0.2) is 9.67 Å². The zero-order chi connectivity index (χ0) is 17.6. The molecule has 5 nitrogen and oxygen atoms in total. The van der Waals surface area contributed by atoms with Crippen LogP contribution >= 0.6 is 11.8 Å². The number of hydrogen-bond acceptors (Lipinski definition) is 4. The second kappa shape index (κ2) is 7.98. The van der Waals surface area contributed by atoms with Gasteiger partial charge < -0.3 is 4.90 Å². The normalized spacial score (nSPS) is 10.8. The van der Waals surface area contributed by atoms with Crippen LogP contribution in [-0.4, -0.2) is 32.5 Å². The van der Waals surface area contributed by atoms with Gasteiger partial charge in [-0.05, 0) is 38.1 Å². The Balaban J connectivity index is 1.66. The number of hydrogen-bond donors (Lipinski definition) is 0. The molecule has 0 saturated heterocycles. The number of thioether (sulfide) groups is 1. The van der Waals surface area contributed by atoms with Crippen molar-refractivity contribution in [1.29, 1.82) is 0 Å². The van der Waals surface area contributed by atoms with Crippen molar-refractivity contribution in [3.8, 4) is 5.69 Å². The van der Waals surface area contributed by atoms with Crippen LogP contribution in [0.1, 0.15) is 13.8 Å². The van der Waals surface area contributed by atoms with Crippen LogP contribution in [0.2, 0.25) is 0 Å². The highest BCUT2D eigenvalue weighted by molar-refractivity contribution is 7.99. The van der Waals surface area contributed by atoms with Crippen molar-refractivity contribution >= 4 is 23.4 Å². The number of carbonyl (C=O) groups is 1. The van der Waals surface area contributed by atoms with E-state index in [-0.39, 0.29) is 11.9 Å². The predicted octanol–water partition coefficient (Wildman–Crippen LogP) is 3.80. The summed E-state index contributed by atoms with van der Waals surface area (Å²) in [4.78, 5) is 18.8. The van der Waals surface area contributed by atoms with E-state index in [1.807, 2.05) is 74.5 Å². The summed E-state index contributed by atoms with van der Waals surface area (Å²) in [5, 5.41) is 5.02. The summed E-state index contributed by atoms with van der Waals surface area (Å²) in [5.41, 5.74) is 1.85. The molecule has 0 aliphatic heterocycles. The first kappa shape index (κ1) is 17.2. The molecule has 0 aliphatic carbocycles. The van der Waals surface area contributed by atoms with Crippen molar-refractivity contribution in [2.24, 2.45) is 0 Å². The van der Waals surface area contributed by atoms with Crippen LogP contribution in [0.25, 0.3) is 5.69 Å². The molecule has 1 heterocycles. The Morgan fingerprint density at radius 3 is 2.36 bits per heavy atom. The first-order valence-corrected chi connectivity index (χ1v) is 9.10. The van der Waals surface area contributed by atoms with Crippen molar-refractivity contribution in [2.75, 3.05) is 10.7 Å². The van der Waals surface area contributed by atoms with E-state index in [4.69, 9.17) is 0 Å². The lowest BCUT2D eigenvalue weighted by molar-refractivity contribution is -0.116. The van der Waals surface area contributed by atoms with Gasteiger partial charge in [0, 0.05) is 11.7 Å². The zero-order valence-corrected chi connectivity index (χ0v) is 15.1. The molecule has 0 atom stereocenters. The molecular weight excluding hydrogens is 332 g/mol. The van der Waals surface area contributed by atoms with Gasteiger partial charge in [0.15, 0.2) is 0 Å². The molecule has 3 aromatic rings. The first-order valence-electron chi connectivity index (χ1n) is 8.12. The molecule has 0 N–H and O–H groups in total. The van der Waals surface area contributed by atoms with E-state index in [9.17, 15) is 4.79 Å². The van der Waals surface area contributed by atoms with Crippen molar-refractivity contribution in [1.82, 2.24) is 14.8 Å². The highest BCUT2D eigenvalue weighted by Gasteiger charge is 2.19. The summed E-state index contributed by atoms with van der Waals surface area (Å²) in [6, 6.07) is 19.6. The third-order valence-corrected chi connectivity index (χ3v) is 4.47. The van der Waals surface area contributed by atoms with Crippen molar-refractivity contribution < 1.29 is 4.79 Å². The standard InChI is InChI=1S/C19H20N4OS/c1-15(2)23(17-11-7-4-8-12-17)18(24)13-25-19-20-14-22(21-19)16-9-5-3-6-10-16/h3-12,14-15H,13H2,1-2H3. The molecule has 0 radical (unpaired) electrons. The number of para-hydroxylation sites is 2. The second-order valence-electron chi connectivity index (χ2n) is 5.79. The van der Waals surface area contributed by atoms with Gasteiger partial charge in [-0.2, -0.15) is 0 Å². The first-order chi connectivity index (χ1) is 12.1. The molecule has 128 valence electrons. The summed E-state index contributed by atoms with van der Waals surface area (Å²) in [5.74, 6) is 0.341. The van der Waals surface area contributed by atoms with Gasteiger partial charge in [-0.1, -0.05) is 48.2 Å². The van der Waals surface area contributed by atoms with Gasteiger partial charge in [0.1, 0.15) is 6.33 Å². The molecule has 6 heteroatoms. The number of anilines is 1. The maximum Gasteiger partial charge on any atom is 0.237 e. The minimum atomic E-state index is 0.0438. The summed E-state index contributed by atoms with van der Waals surface area (Å²) >= 11 is 1.35. The third kappa shape index (κ3) is 4.28. The van der Waals surface area contributed by atoms with Crippen LogP contribution in [0.15, 0.2) is 72.1 Å². The Labute approximate surface area is 151 Å². The molecule has 0 bridgehead atoms. The Bertz CT molecular complexity index is 818. The molecule has 0 saturated carbocycles. The van der Waals surface area contributed by atoms with Gasteiger partial charge in [-0.15, -0.1) is 5.10 Å². The van der Waals surface area contributed by atoms with Crippen molar-refractivity contribution in [3.63, 3.8) is 0 Å². The van der Waals surface area contributed by atoms with E-state index in [2.05, 4.69) is 10.1 Å². The molecule has 1 amide bonds. The van der Waals surface area contributed by atoms with E-state index in [1.54, 1.807) is 15.9 Å². The maximum atomic E-state index is 12.7. The summed E-state index contributed by atoms with van der Waals surface area (Å²) in [7, 11) is 0. The second-order valence-corrected chi connectivity index (χ2v) is 6.73. The third-order valence-electron chi connectivity index (χ3n) is 3.64. The number of nitrogens with zero attached hydrogens (tertiary/aromatic N) is 4. The molecule has 0 unspecified atom stereocenters. The molecule has 2 aromatic carbocycles. The number of rotatable bonds is 6. The molecule has 0 fully saturated rings. The van der Waals surface area contributed by atoms with Gasteiger partial charge >= 0.3 is 0 Å². The maximum absolute atomic E-state index is 12.7. The van der Waals surface area contributed by atoms with E-state index >= 15 is 0 Å². The SMILES string of the molecule is CC(C)N(C(=O)CSc1ncn(-c2ccccc2)n1)c1ccccc1. The highest BCUT2D eigenvalue weighted by atomic mass is 32.2. The minimum absolute atomic E-state index is 0.0438. The highest BCUT2D eigenvalue weighted by Crippen LogP contribution is 2.20. The van der Waals surface area contributed by atoms with Gasteiger partial charge in [-0.3, -0.25) is 4.79 Å². The summed E-state index contributed by atoms with van der Waals surface area (Å²) < 4.78 is 1.71. The molecule has 0 spiro atoms. The van der Waals surface area contributed by atoms with E-state index in [1.165, 1.54) is 11.8 Å². The van der Waals surface area contributed by atoms with Crippen molar-refractivity contribution in [3.05, 3.63) is 67.0 Å². The molecule has 25 heavy (non-hydrogen) atoms. The number of amides is 1. The van der Waals surface area contributed by atoms with Gasteiger partial charge in [0.25, 0.3) is 0 Å². The topological polar surface area (TPSA) is 51.0 Å². The quantitative estimate of drug-likeness (QED) is 0.633. The van der Waals surface area contributed by atoms with Gasteiger partial charge in [0.2, 0.25) is 11.1 Å². The zero-order valence-electron chi connectivity index (χ0n) is 14.2. The number of carbonyl (C=O) groups excluding carboxylic acids is 1. The Kier molecular flexibility index (Phi) is 5.50. The van der Waals surface area contributed by atoms with Crippen LogP contribution in [0.4, 0.5) is 5.69 Å². The molecule has 3 rings (SSSR count). The predicted molar refractivity (Wildman–Crippen MR) is 101 cm³/mol. The Morgan fingerprint density at radius 1 is 1.08 bits per heavy atom. The Hall–Kier alpha value is -2.60. The smallest absolute Gasteiger partial charge is 0.237 e. The fourth-order valence-electron chi connectivity index (χ4n) is 2.53. The largest absolute Gasteiger partial charge is 0.309 e. The van der Waals surface area contributed by atoms with E-state index in [0.29, 0.717) is 10.9 Å². The Morgan fingerprint density at radius 2 is 1.72 bits per heavy atom. The van der Waals surface area contributed by atoms with Crippen LogP contribution in [0.3, 0.4) is 0 Å². The average molecular weight is 352 g/mol. The monoisotopic (exact) mass is 352 g/mol. The van der Waals surface area contributed by atoms with E-state index in [0.717, 1.165) is 11.4 Å². The number of aromatic nitrogens is 3. The molecular formula is C19H20N4OS. The van der Waals surface area contributed by atoms with Crippen LogP contribution in [0, 0.1) is 0 Å². The molecule has 0 aliphatic rings. The fraction of sp³-hybridized carbons (Fsp3) is 0.211.